The summed E-state index contributed by atoms with van der Waals surface area (Å²) in [7, 11) is 0. The minimum atomic E-state index is -0.857. The largest absolute Gasteiger partial charge is 0.399 e. The van der Waals surface area contributed by atoms with Crippen LogP contribution in [0.1, 0.15) is 23.7 Å². The number of nitrogens with two attached hydrogens (primary N) is 2. The van der Waals surface area contributed by atoms with Crippen LogP contribution in [-0.4, -0.2) is 33.4 Å². The molecule has 1 aliphatic rings. The fraction of sp³-hybridized carbons (Fsp3) is 0.235. The smallest absolute Gasteiger partial charge is 0.256 e. The van der Waals surface area contributed by atoms with Crippen LogP contribution >= 0.6 is 23.2 Å². The lowest BCUT2D eigenvalue weighted by Gasteiger charge is -2.37. The zero-order chi connectivity index (χ0) is 20.6. The number of rotatable bonds is 3. The maximum absolute atomic E-state index is 13.9. The van der Waals surface area contributed by atoms with Gasteiger partial charge in [0, 0.05) is 18.2 Å². The van der Waals surface area contributed by atoms with Crippen LogP contribution in [0, 0.1) is 11.6 Å². The Kier molecular flexibility index (Phi) is 5.69. The van der Waals surface area contributed by atoms with Gasteiger partial charge in [-0.2, -0.15) is 0 Å². The van der Waals surface area contributed by atoms with Crippen molar-refractivity contribution in [1.29, 1.82) is 0 Å². The van der Waals surface area contributed by atoms with E-state index in [2.05, 4.69) is 9.97 Å². The lowest BCUT2D eigenvalue weighted by Crippen LogP contribution is -2.48. The molecule has 0 fully saturated rings. The Morgan fingerprint density at radius 1 is 1.29 bits per heavy atom. The van der Waals surface area contributed by atoms with E-state index in [1.54, 1.807) is 6.92 Å². The summed E-state index contributed by atoms with van der Waals surface area (Å²) < 4.78 is 27.0. The van der Waals surface area contributed by atoms with Gasteiger partial charge in [0.2, 0.25) is 5.95 Å². The number of benzene rings is 1. The number of halogens is 4. The summed E-state index contributed by atoms with van der Waals surface area (Å²) in [5.74, 6) is 4.15. The fourth-order valence-electron chi connectivity index (χ4n) is 2.87. The molecule has 148 valence electrons. The van der Waals surface area contributed by atoms with Crippen molar-refractivity contribution in [2.24, 2.45) is 11.6 Å². The molecule has 0 radical (unpaired) electrons. The molecule has 1 amide bonds. The maximum Gasteiger partial charge on any atom is 0.256 e. The lowest BCUT2D eigenvalue weighted by atomic mass is 10.0. The highest BCUT2D eigenvalue weighted by molar-refractivity contribution is 6.37. The number of hydrogen-bond acceptors (Lipinski definition) is 6. The number of nitrogens with zero attached hydrogens (tertiary/aromatic N) is 4. The molecule has 3 rings (SSSR count). The van der Waals surface area contributed by atoms with E-state index in [1.807, 2.05) is 0 Å². The molecule has 0 bridgehead atoms. The van der Waals surface area contributed by atoms with Crippen LogP contribution < -0.4 is 16.6 Å². The van der Waals surface area contributed by atoms with Crippen molar-refractivity contribution in [2.75, 3.05) is 11.6 Å². The average Bonchev–Trinajstić information content (AvgIpc) is 2.67. The molecule has 4 N–H and O–H groups in total. The minimum absolute atomic E-state index is 0.0156. The molecule has 0 spiro atoms. The van der Waals surface area contributed by atoms with E-state index >= 15 is 0 Å². The summed E-state index contributed by atoms with van der Waals surface area (Å²) in [6.07, 6.45) is 2.25. The molecule has 0 unspecified atom stereocenters. The summed E-state index contributed by atoms with van der Waals surface area (Å²) in [4.78, 5) is 22.0. The number of hydrogen-bond donors (Lipinski definition) is 2. The van der Waals surface area contributed by atoms with Crippen LogP contribution in [-0.2, 0) is 0 Å². The lowest BCUT2D eigenvalue weighted by molar-refractivity contribution is 0.0695. The highest BCUT2D eigenvalue weighted by Gasteiger charge is 2.32. The third-order valence-electron chi connectivity index (χ3n) is 4.37. The summed E-state index contributed by atoms with van der Waals surface area (Å²) in [5, 5.41) is 0.633. The van der Waals surface area contributed by atoms with Gasteiger partial charge in [-0.15, -0.1) is 0 Å². The third kappa shape index (κ3) is 3.73. The molecule has 1 aliphatic heterocycles. The molecule has 2 heterocycles. The number of anilines is 1. The van der Waals surface area contributed by atoms with Gasteiger partial charge in [-0.25, -0.2) is 29.6 Å². The first-order chi connectivity index (χ1) is 13.2. The van der Waals surface area contributed by atoms with Gasteiger partial charge in [-0.1, -0.05) is 23.2 Å². The molecular formula is C17H16Cl2F2N6O. The van der Waals surface area contributed by atoms with Crippen molar-refractivity contribution in [2.45, 2.75) is 19.4 Å². The van der Waals surface area contributed by atoms with Crippen LogP contribution in [0.5, 0.6) is 0 Å². The van der Waals surface area contributed by atoms with Crippen LogP contribution in [0.2, 0.25) is 10.0 Å². The van der Waals surface area contributed by atoms with Gasteiger partial charge >= 0.3 is 0 Å². The first-order valence-electron chi connectivity index (χ1n) is 8.15. The second-order valence-electron chi connectivity index (χ2n) is 6.25. The van der Waals surface area contributed by atoms with E-state index in [9.17, 15) is 13.6 Å². The van der Waals surface area contributed by atoms with Gasteiger partial charge in [0.05, 0.1) is 40.2 Å². The van der Waals surface area contributed by atoms with Crippen molar-refractivity contribution < 1.29 is 13.6 Å². The first kappa shape index (κ1) is 20.2. The average molecular weight is 429 g/mol. The molecule has 7 nitrogen and oxygen atoms in total. The van der Waals surface area contributed by atoms with Gasteiger partial charge < -0.3 is 10.6 Å². The van der Waals surface area contributed by atoms with Crippen molar-refractivity contribution in [3.05, 3.63) is 63.2 Å². The fourth-order valence-corrected chi connectivity index (χ4v) is 3.32. The Bertz CT molecular complexity index is 953. The van der Waals surface area contributed by atoms with E-state index in [-0.39, 0.29) is 40.6 Å². The Hall–Kier alpha value is -2.49. The molecule has 28 heavy (non-hydrogen) atoms. The number of amides is 1. The molecule has 11 heteroatoms. The van der Waals surface area contributed by atoms with Crippen LogP contribution in [0.4, 0.5) is 14.7 Å². The van der Waals surface area contributed by atoms with E-state index in [0.717, 1.165) is 17.4 Å². The Morgan fingerprint density at radius 3 is 2.57 bits per heavy atom. The zero-order valence-corrected chi connectivity index (χ0v) is 16.2. The summed E-state index contributed by atoms with van der Waals surface area (Å²) in [5.41, 5.74) is 6.89. The monoisotopic (exact) mass is 428 g/mol. The standard InChI is InChI=1S/C17H16Cl2F2N6O/c1-8-4-13(27(23)17-24-5-9(20)6-25-17)12(22)7-26(8)16(28)10-2-3-11(18)15(21)14(10)19/h2-3,5-6,8H,4,7,22-23H2,1H3/t8-/m0/s1. The molecule has 1 aromatic heterocycles. The highest BCUT2D eigenvalue weighted by atomic mass is 35.5. The molecule has 1 aromatic carbocycles. The Labute approximate surface area is 169 Å². The van der Waals surface area contributed by atoms with E-state index in [0.29, 0.717) is 11.4 Å². The van der Waals surface area contributed by atoms with Crippen molar-refractivity contribution >= 4 is 35.1 Å². The third-order valence-corrected chi connectivity index (χ3v) is 5.03. The van der Waals surface area contributed by atoms with Crippen molar-refractivity contribution in [3.63, 3.8) is 0 Å². The zero-order valence-electron chi connectivity index (χ0n) is 14.7. The van der Waals surface area contributed by atoms with E-state index in [4.69, 9.17) is 34.8 Å². The summed E-state index contributed by atoms with van der Waals surface area (Å²) in [6, 6.07) is 2.29. The summed E-state index contributed by atoms with van der Waals surface area (Å²) in [6.45, 7) is 1.81. The predicted molar refractivity (Wildman–Crippen MR) is 101 cm³/mol. The molecule has 0 aliphatic carbocycles. The highest BCUT2D eigenvalue weighted by Crippen LogP contribution is 2.30. The van der Waals surface area contributed by atoms with Crippen LogP contribution in [0.3, 0.4) is 0 Å². The van der Waals surface area contributed by atoms with Gasteiger partial charge in [0.1, 0.15) is 0 Å². The van der Waals surface area contributed by atoms with Crippen LogP contribution in [0.25, 0.3) is 0 Å². The summed E-state index contributed by atoms with van der Waals surface area (Å²) >= 11 is 11.6. The number of carbonyl (C=O) groups is 1. The predicted octanol–water partition coefficient (Wildman–Crippen LogP) is 2.85. The topological polar surface area (TPSA) is 101 Å². The van der Waals surface area contributed by atoms with Gasteiger partial charge in [0.25, 0.3) is 5.91 Å². The molecule has 0 saturated carbocycles. The van der Waals surface area contributed by atoms with Gasteiger partial charge in [-0.3, -0.25) is 4.79 Å². The SMILES string of the molecule is C[C@H]1CC(N(N)c2ncc(F)cn2)=C(N)CN1C(=O)c1ccc(Cl)c(F)c1Cl. The number of hydrazine groups is 1. The minimum Gasteiger partial charge on any atom is -0.399 e. The Balaban J connectivity index is 1.87. The van der Waals surface area contributed by atoms with Crippen LogP contribution in [0.15, 0.2) is 35.9 Å². The van der Waals surface area contributed by atoms with Gasteiger partial charge in [0.15, 0.2) is 11.6 Å². The maximum atomic E-state index is 13.9. The second kappa shape index (κ2) is 7.86. The van der Waals surface area contributed by atoms with Gasteiger partial charge in [-0.05, 0) is 19.1 Å². The van der Waals surface area contributed by atoms with Crippen molar-refractivity contribution in [3.8, 4) is 0 Å². The van der Waals surface area contributed by atoms with Crippen molar-refractivity contribution in [1.82, 2.24) is 14.9 Å². The first-order valence-corrected chi connectivity index (χ1v) is 8.90. The molecule has 1 atom stereocenters. The van der Waals surface area contributed by atoms with E-state index < -0.39 is 17.5 Å². The van der Waals surface area contributed by atoms with E-state index in [1.165, 1.54) is 17.0 Å². The number of aromatic nitrogens is 2. The molecule has 2 aromatic rings. The second-order valence-corrected chi connectivity index (χ2v) is 7.04. The molecular weight excluding hydrogens is 413 g/mol. The Morgan fingerprint density at radius 2 is 1.93 bits per heavy atom. The normalized spacial score (nSPS) is 17.1. The number of carbonyl (C=O) groups excluding carboxylic acids is 1. The molecule has 0 saturated heterocycles. The quantitative estimate of drug-likeness (QED) is 0.442.